The van der Waals surface area contributed by atoms with Crippen molar-refractivity contribution in [1.82, 2.24) is 14.8 Å². The number of rotatable bonds is 2. The third-order valence-electron chi connectivity index (χ3n) is 3.23. The Labute approximate surface area is 125 Å². The molecule has 1 aromatic carbocycles. The Morgan fingerprint density at radius 2 is 1.87 bits per heavy atom. The largest absolute Gasteiger partial charge is 0.478 e. The summed E-state index contributed by atoms with van der Waals surface area (Å²) >= 11 is 0. The number of aromatic carboxylic acids is 1. The Morgan fingerprint density at radius 1 is 1.13 bits per heavy atom. The number of carboxylic acid groups (broad SMARTS) is 1. The summed E-state index contributed by atoms with van der Waals surface area (Å²) in [5.41, 5.74) is -2.61. The first-order chi connectivity index (χ1) is 10.8. The van der Waals surface area contributed by atoms with Crippen molar-refractivity contribution in [2.24, 2.45) is 0 Å². The number of hydrogen-bond acceptors (Lipinski definition) is 3. The molecule has 0 bridgehead atoms. The highest BCUT2D eigenvalue weighted by atomic mass is 19.4. The molecule has 0 spiro atoms. The molecule has 2 aromatic heterocycles. The molecule has 0 radical (unpaired) electrons. The molecule has 0 aliphatic heterocycles. The molecule has 0 unspecified atom stereocenters. The van der Waals surface area contributed by atoms with E-state index in [1.165, 1.54) is 18.3 Å². The fourth-order valence-corrected chi connectivity index (χ4v) is 2.27. The van der Waals surface area contributed by atoms with Crippen molar-refractivity contribution in [1.29, 1.82) is 0 Å². The average molecular weight is 325 g/mol. The fraction of sp³-hybridized carbons (Fsp3) is 0.0714. The van der Waals surface area contributed by atoms with E-state index in [1.807, 2.05) is 0 Å². The third kappa shape index (κ3) is 2.39. The Bertz CT molecular complexity index is 918. The quantitative estimate of drug-likeness (QED) is 0.734. The van der Waals surface area contributed by atoms with Gasteiger partial charge in [0, 0.05) is 17.0 Å². The Balaban J connectivity index is 2.37. The molecule has 0 saturated carbocycles. The molecule has 3 rings (SSSR count). The summed E-state index contributed by atoms with van der Waals surface area (Å²) in [5, 5.41) is 12.6. The van der Waals surface area contributed by atoms with Crippen molar-refractivity contribution in [2.75, 3.05) is 0 Å². The van der Waals surface area contributed by atoms with Gasteiger partial charge in [-0.3, -0.25) is 4.98 Å². The molecule has 2 heterocycles. The second kappa shape index (κ2) is 5.04. The van der Waals surface area contributed by atoms with Gasteiger partial charge in [-0.15, -0.1) is 0 Å². The third-order valence-corrected chi connectivity index (χ3v) is 3.23. The maximum atomic E-state index is 13.8. The summed E-state index contributed by atoms with van der Waals surface area (Å²) in [6.07, 6.45) is -2.12. The average Bonchev–Trinajstić information content (AvgIpc) is 2.92. The highest BCUT2D eigenvalue weighted by molar-refractivity contribution is 5.91. The molecule has 0 saturated heterocycles. The van der Waals surface area contributed by atoms with Crippen LogP contribution in [0.1, 0.15) is 16.1 Å². The summed E-state index contributed by atoms with van der Waals surface area (Å²) in [6, 6.07) is 3.87. The van der Waals surface area contributed by atoms with E-state index in [-0.39, 0.29) is 16.5 Å². The van der Waals surface area contributed by atoms with E-state index in [0.717, 1.165) is 12.3 Å². The second-order valence-electron chi connectivity index (χ2n) is 4.62. The van der Waals surface area contributed by atoms with Crippen molar-refractivity contribution in [3.63, 3.8) is 0 Å². The van der Waals surface area contributed by atoms with Gasteiger partial charge in [0.15, 0.2) is 5.69 Å². The van der Waals surface area contributed by atoms with E-state index >= 15 is 0 Å². The zero-order valence-corrected chi connectivity index (χ0v) is 11.2. The van der Waals surface area contributed by atoms with Crippen molar-refractivity contribution < 1.29 is 27.5 Å². The molecule has 9 heteroatoms. The first-order valence-electron chi connectivity index (χ1n) is 6.22. The van der Waals surface area contributed by atoms with Gasteiger partial charge in [0.05, 0.1) is 18.1 Å². The van der Waals surface area contributed by atoms with E-state index in [2.05, 4.69) is 10.1 Å². The van der Waals surface area contributed by atoms with Gasteiger partial charge in [-0.25, -0.2) is 13.9 Å². The second-order valence-corrected chi connectivity index (χ2v) is 4.62. The van der Waals surface area contributed by atoms with Crippen LogP contribution in [0, 0.1) is 5.82 Å². The molecule has 23 heavy (non-hydrogen) atoms. The zero-order valence-electron chi connectivity index (χ0n) is 11.2. The Morgan fingerprint density at radius 3 is 2.52 bits per heavy atom. The Hall–Kier alpha value is -2.97. The molecule has 0 fully saturated rings. The van der Waals surface area contributed by atoms with Gasteiger partial charge in [-0.1, -0.05) is 12.1 Å². The lowest BCUT2D eigenvalue weighted by Gasteiger charge is -2.13. The van der Waals surface area contributed by atoms with Crippen LogP contribution in [0.2, 0.25) is 0 Å². The predicted octanol–water partition coefficient (Wildman–Crippen LogP) is 3.28. The molecule has 0 atom stereocenters. The number of alkyl halides is 3. The number of hydrogen-bond donors (Lipinski definition) is 1. The minimum atomic E-state index is -4.96. The van der Waals surface area contributed by atoms with Crippen LogP contribution in [-0.4, -0.2) is 25.8 Å². The Kier molecular flexibility index (Phi) is 3.28. The lowest BCUT2D eigenvalue weighted by Crippen LogP contribution is -2.17. The van der Waals surface area contributed by atoms with Crippen molar-refractivity contribution in [3.8, 4) is 5.69 Å². The fourth-order valence-electron chi connectivity index (χ4n) is 2.27. The van der Waals surface area contributed by atoms with E-state index in [0.29, 0.717) is 10.9 Å². The number of aromatic nitrogens is 3. The first kappa shape index (κ1) is 14.9. The normalized spacial score (nSPS) is 11.8. The van der Waals surface area contributed by atoms with Crippen LogP contribution in [0.15, 0.2) is 36.8 Å². The minimum Gasteiger partial charge on any atom is -0.478 e. The summed E-state index contributed by atoms with van der Waals surface area (Å²) in [4.78, 5) is 14.7. The maximum absolute atomic E-state index is 13.8. The molecule has 5 nitrogen and oxygen atoms in total. The number of halogens is 4. The van der Waals surface area contributed by atoms with E-state index in [9.17, 15) is 22.4 Å². The summed E-state index contributed by atoms with van der Waals surface area (Å²) in [5.74, 6) is -2.42. The highest BCUT2D eigenvalue weighted by Gasteiger charge is 2.41. The van der Waals surface area contributed by atoms with Crippen LogP contribution < -0.4 is 0 Å². The molecular weight excluding hydrogens is 318 g/mol. The van der Waals surface area contributed by atoms with Gasteiger partial charge >= 0.3 is 12.1 Å². The highest BCUT2D eigenvalue weighted by Crippen LogP contribution is 2.35. The van der Waals surface area contributed by atoms with Gasteiger partial charge in [-0.2, -0.15) is 18.3 Å². The molecule has 0 amide bonds. The van der Waals surface area contributed by atoms with Crippen molar-refractivity contribution in [3.05, 3.63) is 53.9 Å². The number of carboxylic acids is 1. The summed E-state index contributed by atoms with van der Waals surface area (Å²) < 4.78 is 53.9. The van der Waals surface area contributed by atoms with Crippen LogP contribution in [0.5, 0.6) is 0 Å². The number of benzene rings is 1. The molecule has 118 valence electrons. The van der Waals surface area contributed by atoms with Crippen molar-refractivity contribution in [2.45, 2.75) is 6.18 Å². The molecule has 3 aromatic rings. The SMILES string of the molecule is O=C(O)c1cnn(-c2cncc3c(F)cccc23)c1C(F)(F)F. The lowest BCUT2D eigenvalue weighted by molar-refractivity contribution is -0.143. The van der Waals surface area contributed by atoms with E-state index < -0.39 is 29.2 Å². The van der Waals surface area contributed by atoms with Gasteiger partial charge in [0.1, 0.15) is 11.4 Å². The van der Waals surface area contributed by atoms with Gasteiger partial charge in [-0.05, 0) is 6.07 Å². The van der Waals surface area contributed by atoms with Crippen LogP contribution in [0.4, 0.5) is 17.6 Å². The van der Waals surface area contributed by atoms with Crippen LogP contribution in [-0.2, 0) is 6.18 Å². The topological polar surface area (TPSA) is 68.0 Å². The molecule has 0 aliphatic rings. The standard InChI is InChI=1S/C14H7F4N3O2/c15-10-3-1-2-7-8(10)4-19-6-11(7)21-12(14(16,17)18)9(5-20-21)13(22)23/h1-6H,(H,22,23). The number of carbonyl (C=O) groups is 1. The van der Waals surface area contributed by atoms with Gasteiger partial charge in [0.2, 0.25) is 0 Å². The number of nitrogens with zero attached hydrogens (tertiary/aromatic N) is 3. The summed E-state index contributed by atoms with van der Waals surface area (Å²) in [6.45, 7) is 0. The molecule has 0 aliphatic carbocycles. The monoisotopic (exact) mass is 325 g/mol. The van der Waals surface area contributed by atoms with Crippen LogP contribution in [0.25, 0.3) is 16.5 Å². The smallest absolute Gasteiger partial charge is 0.434 e. The van der Waals surface area contributed by atoms with E-state index in [1.54, 1.807) is 0 Å². The molecular formula is C14H7F4N3O2. The van der Waals surface area contributed by atoms with Crippen LogP contribution >= 0.6 is 0 Å². The maximum Gasteiger partial charge on any atom is 0.434 e. The zero-order chi connectivity index (χ0) is 16.8. The lowest BCUT2D eigenvalue weighted by atomic mass is 10.1. The van der Waals surface area contributed by atoms with Gasteiger partial charge in [0.25, 0.3) is 0 Å². The number of pyridine rings is 1. The van der Waals surface area contributed by atoms with Crippen LogP contribution in [0.3, 0.4) is 0 Å². The minimum absolute atomic E-state index is 0.00509. The first-order valence-corrected chi connectivity index (χ1v) is 6.22. The predicted molar refractivity (Wildman–Crippen MR) is 70.8 cm³/mol. The van der Waals surface area contributed by atoms with Gasteiger partial charge < -0.3 is 5.11 Å². The number of fused-ring (bicyclic) bond motifs is 1. The molecule has 1 N–H and O–H groups in total. The van der Waals surface area contributed by atoms with E-state index in [4.69, 9.17) is 5.11 Å². The summed E-state index contributed by atoms with van der Waals surface area (Å²) in [7, 11) is 0. The van der Waals surface area contributed by atoms with Crippen molar-refractivity contribution >= 4 is 16.7 Å².